The lowest BCUT2D eigenvalue weighted by Crippen LogP contribution is -2.55. The van der Waals surface area contributed by atoms with Crippen LogP contribution in [-0.4, -0.2) is 44.1 Å². The molecule has 2 heterocycles. The minimum Gasteiger partial charge on any atom is -0.310 e. The maximum absolute atomic E-state index is 11.6. The van der Waals surface area contributed by atoms with Crippen molar-refractivity contribution in [2.45, 2.75) is 57.0 Å². The molecule has 2 fully saturated rings. The third-order valence-corrected chi connectivity index (χ3v) is 6.32. The van der Waals surface area contributed by atoms with Gasteiger partial charge in [0.2, 0.25) is 0 Å². The quantitative estimate of drug-likeness (QED) is 0.787. The summed E-state index contributed by atoms with van der Waals surface area (Å²) in [5.41, 5.74) is -0.0199. The smallest absolute Gasteiger partial charge is 0.152 e. The van der Waals surface area contributed by atoms with E-state index in [1.54, 1.807) is 0 Å². The topological polar surface area (TPSA) is 58.2 Å². The van der Waals surface area contributed by atoms with E-state index < -0.39 is 9.84 Å². The molecule has 2 N–H and O–H groups in total. The van der Waals surface area contributed by atoms with E-state index in [2.05, 4.69) is 17.6 Å². The van der Waals surface area contributed by atoms with Gasteiger partial charge in [0.1, 0.15) is 0 Å². The molecule has 0 aromatic heterocycles. The van der Waals surface area contributed by atoms with Gasteiger partial charge >= 0.3 is 0 Å². The van der Waals surface area contributed by atoms with E-state index in [1.165, 1.54) is 25.7 Å². The molecule has 0 aromatic rings. The van der Waals surface area contributed by atoms with Crippen molar-refractivity contribution in [3.8, 4) is 0 Å². The van der Waals surface area contributed by atoms with E-state index in [0.717, 1.165) is 19.5 Å². The average molecular weight is 274 g/mol. The number of hydrogen-bond donors (Lipinski definition) is 2. The second kappa shape index (κ2) is 5.10. The minimum absolute atomic E-state index is 0.199. The lowest BCUT2D eigenvalue weighted by molar-refractivity contribution is 0.278. The molecular formula is C13H26N2O2S. The van der Waals surface area contributed by atoms with Crippen molar-refractivity contribution >= 4 is 9.84 Å². The number of nitrogens with one attached hydrogen (secondary N) is 2. The Morgan fingerprint density at radius 3 is 2.61 bits per heavy atom. The van der Waals surface area contributed by atoms with Crippen LogP contribution >= 0.6 is 0 Å². The monoisotopic (exact) mass is 274 g/mol. The molecule has 18 heavy (non-hydrogen) atoms. The fourth-order valence-corrected chi connectivity index (χ4v) is 5.46. The molecule has 2 unspecified atom stereocenters. The molecule has 2 saturated heterocycles. The standard InChI is InChI=1S/C13H26N2O2S/c1-3-5-13(6-4-8-14-13)10-15-12(2)7-9-18(16,17)11-12/h14-15H,3-11H2,1-2H3. The van der Waals surface area contributed by atoms with Crippen LogP contribution in [0.1, 0.15) is 46.0 Å². The predicted octanol–water partition coefficient (Wildman–Crippen LogP) is 1.08. The fraction of sp³-hybridized carbons (Fsp3) is 1.00. The maximum atomic E-state index is 11.6. The molecule has 4 nitrogen and oxygen atoms in total. The highest BCUT2D eigenvalue weighted by Crippen LogP contribution is 2.27. The van der Waals surface area contributed by atoms with Gasteiger partial charge in [-0.3, -0.25) is 0 Å². The summed E-state index contributed by atoms with van der Waals surface area (Å²) in [5.74, 6) is 0.632. The predicted molar refractivity (Wildman–Crippen MR) is 74.6 cm³/mol. The Bertz CT molecular complexity index is 388. The summed E-state index contributed by atoms with van der Waals surface area (Å²) in [6.07, 6.45) is 5.53. The third kappa shape index (κ3) is 3.25. The first-order valence-electron chi connectivity index (χ1n) is 7.09. The van der Waals surface area contributed by atoms with Crippen LogP contribution in [0, 0.1) is 0 Å². The third-order valence-electron chi connectivity index (χ3n) is 4.42. The Hall–Kier alpha value is -0.130. The molecule has 2 aliphatic heterocycles. The Balaban J connectivity index is 1.94. The molecule has 106 valence electrons. The SMILES string of the molecule is CCCC1(CNC2(C)CCS(=O)(=O)C2)CCCN1. The Morgan fingerprint density at radius 2 is 2.11 bits per heavy atom. The first-order valence-corrected chi connectivity index (χ1v) is 8.91. The zero-order chi connectivity index (χ0) is 13.3. The zero-order valence-electron chi connectivity index (χ0n) is 11.6. The van der Waals surface area contributed by atoms with Crippen LogP contribution in [0.3, 0.4) is 0 Å². The van der Waals surface area contributed by atoms with Crippen molar-refractivity contribution in [2.24, 2.45) is 0 Å². The second-order valence-electron chi connectivity index (χ2n) is 6.32. The van der Waals surface area contributed by atoms with Crippen LogP contribution in [0.15, 0.2) is 0 Å². The molecule has 2 atom stereocenters. The van der Waals surface area contributed by atoms with Crippen molar-refractivity contribution in [3.63, 3.8) is 0 Å². The summed E-state index contributed by atoms with van der Waals surface area (Å²) in [4.78, 5) is 0. The average Bonchev–Trinajstić information content (AvgIpc) is 2.84. The molecular weight excluding hydrogens is 248 g/mol. The minimum atomic E-state index is -2.81. The second-order valence-corrected chi connectivity index (χ2v) is 8.50. The van der Waals surface area contributed by atoms with E-state index in [-0.39, 0.29) is 11.1 Å². The van der Waals surface area contributed by atoms with E-state index in [4.69, 9.17) is 0 Å². The summed E-state index contributed by atoms with van der Waals surface area (Å²) >= 11 is 0. The van der Waals surface area contributed by atoms with Crippen molar-refractivity contribution in [1.29, 1.82) is 0 Å². The highest BCUT2D eigenvalue weighted by atomic mass is 32.2. The summed E-state index contributed by atoms with van der Waals surface area (Å²) < 4.78 is 23.2. The van der Waals surface area contributed by atoms with E-state index >= 15 is 0 Å². The van der Waals surface area contributed by atoms with Crippen LogP contribution in [0.4, 0.5) is 0 Å². The lowest BCUT2D eigenvalue weighted by Gasteiger charge is -2.34. The van der Waals surface area contributed by atoms with Crippen molar-refractivity contribution < 1.29 is 8.42 Å². The number of sulfone groups is 1. The molecule has 0 spiro atoms. The van der Waals surface area contributed by atoms with Gasteiger partial charge in [0.15, 0.2) is 9.84 Å². The molecule has 2 aliphatic rings. The van der Waals surface area contributed by atoms with Gasteiger partial charge < -0.3 is 10.6 Å². The van der Waals surface area contributed by atoms with Crippen LogP contribution < -0.4 is 10.6 Å². The van der Waals surface area contributed by atoms with Crippen LogP contribution in [0.2, 0.25) is 0 Å². The van der Waals surface area contributed by atoms with Gasteiger partial charge in [-0.1, -0.05) is 13.3 Å². The molecule has 0 saturated carbocycles. The Labute approximate surface area is 111 Å². The van der Waals surface area contributed by atoms with Gasteiger partial charge in [-0.2, -0.15) is 0 Å². The van der Waals surface area contributed by atoms with E-state index in [1.807, 2.05) is 6.92 Å². The Morgan fingerprint density at radius 1 is 1.33 bits per heavy atom. The van der Waals surface area contributed by atoms with Crippen LogP contribution in [-0.2, 0) is 9.84 Å². The van der Waals surface area contributed by atoms with Gasteiger partial charge in [0.05, 0.1) is 11.5 Å². The van der Waals surface area contributed by atoms with Crippen LogP contribution in [0.25, 0.3) is 0 Å². The van der Waals surface area contributed by atoms with Gasteiger partial charge in [-0.05, 0) is 39.2 Å². The van der Waals surface area contributed by atoms with Gasteiger partial charge in [-0.25, -0.2) is 8.42 Å². The highest BCUT2D eigenvalue weighted by molar-refractivity contribution is 7.91. The number of rotatable bonds is 5. The molecule has 0 radical (unpaired) electrons. The van der Waals surface area contributed by atoms with Crippen molar-refractivity contribution in [3.05, 3.63) is 0 Å². The molecule has 0 aliphatic carbocycles. The lowest BCUT2D eigenvalue weighted by atomic mass is 9.90. The molecule has 0 aromatic carbocycles. The van der Waals surface area contributed by atoms with Crippen molar-refractivity contribution in [2.75, 3.05) is 24.6 Å². The molecule has 2 rings (SSSR count). The first kappa shape index (κ1) is 14.3. The largest absolute Gasteiger partial charge is 0.310 e. The first-order chi connectivity index (χ1) is 8.39. The summed E-state index contributed by atoms with van der Waals surface area (Å²) in [5, 5.41) is 7.16. The summed E-state index contributed by atoms with van der Waals surface area (Å²) in [7, 11) is -2.81. The van der Waals surface area contributed by atoms with Crippen molar-refractivity contribution in [1.82, 2.24) is 10.6 Å². The Kier molecular flexibility index (Phi) is 4.04. The van der Waals surface area contributed by atoms with Gasteiger partial charge in [0, 0.05) is 17.6 Å². The molecule has 5 heteroatoms. The maximum Gasteiger partial charge on any atom is 0.152 e. The van der Waals surface area contributed by atoms with E-state index in [9.17, 15) is 8.42 Å². The van der Waals surface area contributed by atoms with Gasteiger partial charge in [-0.15, -0.1) is 0 Å². The number of hydrogen-bond acceptors (Lipinski definition) is 4. The van der Waals surface area contributed by atoms with E-state index in [0.29, 0.717) is 11.5 Å². The highest BCUT2D eigenvalue weighted by Gasteiger charge is 2.40. The van der Waals surface area contributed by atoms with Crippen LogP contribution in [0.5, 0.6) is 0 Å². The molecule has 0 bridgehead atoms. The fourth-order valence-electron chi connectivity index (χ4n) is 3.33. The summed E-state index contributed by atoms with van der Waals surface area (Å²) in [6.45, 7) is 6.25. The molecule has 0 amide bonds. The summed E-state index contributed by atoms with van der Waals surface area (Å²) in [6, 6.07) is 0. The normalized spacial score (nSPS) is 39.2. The van der Waals surface area contributed by atoms with Gasteiger partial charge in [0.25, 0.3) is 0 Å². The zero-order valence-corrected chi connectivity index (χ0v) is 12.4.